The van der Waals surface area contributed by atoms with Gasteiger partial charge in [-0.2, -0.15) is 0 Å². The third kappa shape index (κ3) is 4.40. The summed E-state index contributed by atoms with van der Waals surface area (Å²) in [4.78, 5) is 20.9. The first-order valence-corrected chi connectivity index (χ1v) is 10.3. The second kappa shape index (κ2) is 9.33. The maximum absolute atomic E-state index is 11.5. The molecule has 0 spiro atoms. The molecule has 1 unspecified atom stereocenters. The van der Waals surface area contributed by atoms with Gasteiger partial charge in [0, 0.05) is 29.9 Å². The molecule has 2 aromatic carbocycles. The fraction of sp³-hybridized carbons (Fsp3) is 0.160. The van der Waals surface area contributed by atoms with E-state index in [2.05, 4.69) is 17.1 Å². The van der Waals surface area contributed by atoms with Crippen LogP contribution in [0.25, 0.3) is 22.8 Å². The van der Waals surface area contributed by atoms with Gasteiger partial charge >= 0.3 is 0 Å². The standard InChI is InChI=1S/C25H22N4O3.H2O/c26-23(30)19-9-11-20(12-10-19)24-28-22(21-8-4-5-13-27-21)15-29(24)25(16-31-17-32-25)14-18-6-2-1-3-7-18;/h1-13,15H,14,16-17H2,(H2,26,30);1H2. The van der Waals surface area contributed by atoms with Crippen LogP contribution in [-0.2, 0) is 21.6 Å². The molecule has 1 aliphatic heterocycles. The first-order valence-electron chi connectivity index (χ1n) is 10.3. The van der Waals surface area contributed by atoms with E-state index in [0.29, 0.717) is 24.4 Å². The van der Waals surface area contributed by atoms with Gasteiger partial charge in [0.05, 0.1) is 12.3 Å². The third-order valence-corrected chi connectivity index (χ3v) is 5.56. The normalized spacial score (nSPS) is 17.5. The summed E-state index contributed by atoms with van der Waals surface area (Å²) in [5.74, 6) is 0.227. The summed E-state index contributed by atoms with van der Waals surface area (Å²) in [5.41, 5.74) is 8.53. The van der Waals surface area contributed by atoms with Crippen LogP contribution in [0.2, 0.25) is 0 Å². The minimum absolute atomic E-state index is 0. The third-order valence-electron chi connectivity index (χ3n) is 5.56. The zero-order valence-electron chi connectivity index (χ0n) is 17.8. The molecule has 4 N–H and O–H groups in total. The molecule has 4 aromatic rings. The summed E-state index contributed by atoms with van der Waals surface area (Å²) in [7, 11) is 0. The number of rotatable bonds is 6. The highest BCUT2D eigenvalue weighted by molar-refractivity contribution is 5.93. The van der Waals surface area contributed by atoms with Crippen LogP contribution in [0.4, 0.5) is 0 Å². The van der Waals surface area contributed by atoms with Crippen LogP contribution < -0.4 is 5.73 Å². The summed E-state index contributed by atoms with van der Waals surface area (Å²) >= 11 is 0. The Balaban J connectivity index is 0.00000259. The number of benzene rings is 2. The molecule has 1 fully saturated rings. The first-order chi connectivity index (χ1) is 15.6. The molecule has 33 heavy (non-hydrogen) atoms. The van der Waals surface area contributed by atoms with Gasteiger partial charge in [0.25, 0.3) is 0 Å². The SMILES string of the molecule is NC(=O)c1ccc(-c2nc(-c3ccccn3)cn2C2(Cc3ccccc3)COCO2)cc1.O. The molecule has 5 rings (SSSR count). The molecule has 0 radical (unpaired) electrons. The molecule has 2 aromatic heterocycles. The summed E-state index contributed by atoms with van der Waals surface area (Å²) in [6.45, 7) is 0.580. The molecule has 0 bridgehead atoms. The summed E-state index contributed by atoms with van der Waals surface area (Å²) in [6, 6.07) is 23.0. The van der Waals surface area contributed by atoms with Crippen LogP contribution in [0.5, 0.6) is 0 Å². The van der Waals surface area contributed by atoms with Crippen LogP contribution in [0.1, 0.15) is 15.9 Å². The topological polar surface area (TPSA) is 124 Å². The van der Waals surface area contributed by atoms with Crippen molar-refractivity contribution in [3.05, 3.63) is 96.3 Å². The molecular weight excluding hydrogens is 420 g/mol. The Kier molecular flexibility index (Phi) is 6.32. The van der Waals surface area contributed by atoms with Gasteiger partial charge in [0.2, 0.25) is 5.91 Å². The molecule has 8 heteroatoms. The van der Waals surface area contributed by atoms with Gasteiger partial charge in [0.15, 0.2) is 5.72 Å². The molecular formula is C25H24N4O4. The maximum Gasteiger partial charge on any atom is 0.248 e. The minimum Gasteiger partial charge on any atom is -0.412 e. The Labute approximate surface area is 190 Å². The lowest BCUT2D eigenvalue weighted by molar-refractivity contribution is -0.0597. The lowest BCUT2D eigenvalue weighted by Crippen LogP contribution is -2.38. The molecule has 168 valence electrons. The predicted molar refractivity (Wildman–Crippen MR) is 123 cm³/mol. The van der Waals surface area contributed by atoms with Crippen molar-refractivity contribution in [1.29, 1.82) is 0 Å². The van der Waals surface area contributed by atoms with Gasteiger partial charge < -0.3 is 20.7 Å². The molecule has 8 nitrogen and oxygen atoms in total. The number of imidazole rings is 1. The van der Waals surface area contributed by atoms with Crippen LogP contribution in [0, 0.1) is 0 Å². The van der Waals surface area contributed by atoms with Crippen molar-refractivity contribution in [2.75, 3.05) is 13.4 Å². The Morgan fingerprint density at radius 1 is 1.00 bits per heavy atom. The van der Waals surface area contributed by atoms with E-state index >= 15 is 0 Å². The number of nitrogens with two attached hydrogens (primary N) is 1. The van der Waals surface area contributed by atoms with Crippen LogP contribution in [0.3, 0.4) is 0 Å². The highest BCUT2D eigenvalue weighted by atomic mass is 16.7. The maximum atomic E-state index is 11.5. The van der Waals surface area contributed by atoms with Gasteiger partial charge in [-0.1, -0.05) is 48.5 Å². The van der Waals surface area contributed by atoms with Gasteiger partial charge in [0.1, 0.15) is 18.3 Å². The Morgan fingerprint density at radius 3 is 2.39 bits per heavy atom. The molecule has 1 aliphatic rings. The van der Waals surface area contributed by atoms with Gasteiger partial charge in [-0.05, 0) is 29.8 Å². The molecule has 1 amide bonds. The number of carbonyl (C=O) groups excluding carboxylic acids is 1. The second-order valence-electron chi connectivity index (χ2n) is 7.70. The van der Waals surface area contributed by atoms with Gasteiger partial charge in [-0.25, -0.2) is 4.98 Å². The van der Waals surface area contributed by atoms with Crippen molar-refractivity contribution in [2.45, 2.75) is 12.1 Å². The van der Waals surface area contributed by atoms with Crippen molar-refractivity contribution >= 4 is 5.91 Å². The summed E-state index contributed by atoms with van der Waals surface area (Å²) in [6.07, 6.45) is 4.31. The fourth-order valence-electron chi connectivity index (χ4n) is 3.95. The first kappa shape index (κ1) is 22.3. The van der Waals surface area contributed by atoms with E-state index in [1.165, 1.54) is 0 Å². The number of hydrogen-bond acceptors (Lipinski definition) is 5. The average Bonchev–Trinajstić information content (AvgIpc) is 3.49. The second-order valence-corrected chi connectivity index (χ2v) is 7.70. The molecule has 0 aliphatic carbocycles. The van der Waals surface area contributed by atoms with E-state index in [4.69, 9.17) is 20.2 Å². The number of hydrogen-bond donors (Lipinski definition) is 1. The number of primary amides is 1. The van der Waals surface area contributed by atoms with E-state index < -0.39 is 11.6 Å². The molecule has 0 saturated carbocycles. The number of carbonyl (C=O) groups is 1. The van der Waals surface area contributed by atoms with Gasteiger partial charge in [-0.15, -0.1) is 0 Å². The highest BCUT2D eigenvalue weighted by Crippen LogP contribution is 2.35. The molecule has 1 atom stereocenters. The number of pyridine rings is 1. The van der Waals surface area contributed by atoms with Crippen molar-refractivity contribution in [2.24, 2.45) is 5.73 Å². The number of ether oxygens (including phenoxy) is 2. The highest BCUT2D eigenvalue weighted by Gasteiger charge is 2.40. The molecule has 3 heterocycles. The zero-order chi connectivity index (χ0) is 22.0. The summed E-state index contributed by atoms with van der Waals surface area (Å²) < 4.78 is 13.9. The number of amides is 1. The molecule has 1 saturated heterocycles. The Bertz CT molecular complexity index is 1220. The predicted octanol–water partition coefficient (Wildman–Crippen LogP) is 2.79. The van der Waals surface area contributed by atoms with Crippen LogP contribution in [0.15, 0.2) is 85.2 Å². The van der Waals surface area contributed by atoms with Gasteiger partial charge in [-0.3, -0.25) is 14.3 Å². The van der Waals surface area contributed by atoms with Crippen molar-refractivity contribution in [3.8, 4) is 22.8 Å². The smallest absolute Gasteiger partial charge is 0.248 e. The minimum atomic E-state index is -0.765. The van der Waals surface area contributed by atoms with E-state index in [-0.39, 0.29) is 12.3 Å². The monoisotopic (exact) mass is 444 g/mol. The quantitative estimate of drug-likeness (QED) is 0.490. The van der Waals surface area contributed by atoms with Crippen molar-refractivity contribution in [3.63, 3.8) is 0 Å². The number of aromatic nitrogens is 3. The van der Waals surface area contributed by atoms with E-state index in [1.54, 1.807) is 18.3 Å². The lowest BCUT2D eigenvalue weighted by Gasteiger charge is -2.30. The fourth-order valence-corrected chi connectivity index (χ4v) is 3.95. The van der Waals surface area contributed by atoms with Crippen molar-refractivity contribution in [1.82, 2.24) is 14.5 Å². The van der Waals surface area contributed by atoms with Crippen molar-refractivity contribution < 1.29 is 19.7 Å². The Morgan fingerprint density at radius 2 is 1.76 bits per heavy atom. The average molecular weight is 444 g/mol. The Hall–Kier alpha value is -3.85. The van der Waals surface area contributed by atoms with E-state index in [0.717, 1.165) is 22.5 Å². The number of nitrogens with zero attached hydrogens (tertiary/aromatic N) is 3. The van der Waals surface area contributed by atoms with Crippen LogP contribution >= 0.6 is 0 Å². The van der Waals surface area contributed by atoms with Crippen LogP contribution in [-0.4, -0.2) is 39.3 Å². The van der Waals surface area contributed by atoms with E-state index in [1.807, 2.05) is 59.3 Å². The largest absolute Gasteiger partial charge is 0.412 e. The van der Waals surface area contributed by atoms with E-state index in [9.17, 15) is 4.79 Å². The zero-order valence-corrected chi connectivity index (χ0v) is 17.8. The lowest BCUT2D eigenvalue weighted by atomic mass is 10.0. The summed E-state index contributed by atoms with van der Waals surface area (Å²) in [5, 5.41) is 0.